The predicted molar refractivity (Wildman–Crippen MR) is 170 cm³/mol. The van der Waals surface area contributed by atoms with Crippen LogP contribution in [0, 0.1) is 0 Å². The summed E-state index contributed by atoms with van der Waals surface area (Å²) >= 11 is 0. The van der Waals surface area contributed by atoms with Gasteiger partial charge in [0.15, 0.2) is 33.3 Å². The highest BCUT2D eigenvalue weighted by Crippen LogP contribution is 2.53. The van der Waals surface area contributed by atoms with Crippen LogP contribution in [0.4, 0.5) is 34.6 Å². The number of rotatable bonds is 2. The quantitative estimate of drug-likeness (QED) is 0.222. The maximum absolute atomic E-state index is 14.0. The van der Waals surface area contributed by atoms with Gasteiger partial charge in [-0.2, -0.15) is 0 Å². The van der Waals surface area contributed by atoms with Gasteiger partial charge in [-0.3, -0.25) is 9.80 Å². The lowest BCUT2D eigenvalue weighted by molar-refractivity contribution is 0.584. The topological polar surface area (TPSA) is 126 Å². The van der Waals surface area contributed by atoms with Gasteiger partial charge in [0.25, 0.3) is 0 Å². The second-order valence-corrected chi connectivity index (χ2v) is 14.8. The molecule has 12 heteroatoms. The summed E-state index contributed by atoms with van der Waals surface area (Å²) in [5.41, 5.74) is 3.19. The number of hydrogen-bond donors (Lipinski definition) is 0. The summed E-state index contributed by atoms with van der Waals surface area (Å²) in [6.07, 6.45) is 0.549. The molecule has 0 radical (unpaired) electrons. The molecular weight excluding hydrogens is 621 g/mol. The van der Waals surface area contributed by atoms with Crippen LogP contribution in [-0.2, 0) is 32.5 Å². The van der Waals surface area contributed by atoms with Crippen molar-refractivity contribution >= 4 is 54.3 Å². The number of nitrogens with zero attached hydrogens (tertiary/aromatic N) is 6. The molecule has 0 atom stereocenters. The van der Waals surface area contributed by atoms with Crippen LogP contribution in [0.3, 0.4) is 0 Å². The molecule has 0 amide bonds. The third kappa shape index (κ3) is 3.74. The number of hydrogen-bond acceptors (Lipinski definition) is 10. The van der Waals surface area contributed by atoms with Crippen molar-refractivity contribution in [3.8, 4) is 0 Å². The van der Waals surface area contributed by atoms with Crippen molar-refractivity contribution in [3.63, 3.8) is 0 Å². The van der Waals surface area contributed by atoms with Gasteiger partial charge in [0.1, 0.15) is 0 Å². The first-order valence-electron chi connectivity index (χ1n) is 14.5. The molecule has 10 nitrogen and oxygen atoms in total. The summed E-state index contributed by atoms with van der Waals surface area (Å²) in [6.45, 7) is 0. The number of aromatic nitrogens is 4. The Hall–Kier alpha value is -5.46. The maximum Gasteiger partial charge on any atom is 0.226 e. The molecule has 3 aliphatic heterocycles. The van der Waals surface area contributed by atoms with Crippen LogP contribution < -0.4 is 9.80 Å². The van der Waals surface area contributed by atoms with Crippen molar-refractivity contribution in [3.05, 3.63) is 132 Å². The standard InChI is InChI=1S/C34H22N6O4S2/c41-45(42)27-17-9-7-11-21(27)19-25-33(45)37-31-29(35-25)39(23-13-3-1-4-14-23)30-32(40(31)24-15-5-2-6-16-24)38-34-26(36-30)20-22-12-8-10-18-28(22)46(34,43)44/h1-18H,19-20H2. The fourth-order valence-corrected chi connectivity index (χ4v) is 9.54. The summed E-state index contributed by atoms with van der Waals surface area (Å²) in [5, 5.41) is -0.287. The zero-order valence-electron chi connectivity index (χ0n) is 23.9. The molecule has 3 aliphatic rings. The summed E-state index contributed by atoms with van der Waals surface area (Å²) in [7, 11) is -8.03. The van der Waals surface area contributed by atoms with Crippen LogP contribution in [0.15, 0.2) is 129 Å². The molecule has 9 rings (SSSR count). The average molecular weight is 643 g/mol. The first-order chi connectivity index (χ1) is 22.3. The molecule has 0 fully saturated rings. The molecule has 0 aliphatic carbocycles. The maximum atomic E-state index is 14.0. The lowest BCUT2D eigenvalue weighted by Gasteiger charge is -2.38. The van der Waals surface area contributed by atoms with Crippen molar-refractivity contribution in [2.45, 2.75) is 32.7 Å². The van der Waals surface area contributed by atoms with E-state index in [2.05, 4.69) is 0 Å². The van der Waals surface area contributed by atoms with Crippen molar-refractivity contribution in [1.82, 2.24) is 19.9 Å². The van der Waals surface area contributed by atoms with Crippen LogP contribution in [0.5, 0.6) is 0 Å². The number of sulfone groups is 2. The van der Waals surface area contributed by atoms with Crippen LogP contribution in [0.25, 0.3) is 0 Å². The minimum absolute atomic E-state index is 0.144. The Morgan fingerprint density at radius 2 is 0.783 bits per heavy atom. The van der Waals surface area contributed by atoms with E-state index in [9.17, 15) is 16.8 Å². The SMILES string of the molecule is O=S1(=O)c2ccccc2Cc2nc3c(nc21)N(c1ccccc1)c1nc2c(nc1N3c1ccccc1)Cc1ccccc1S2(=O)=O. The molecule has 46 heavy (non-hydrogen) atoms. The predicted octanol–water partition coefficient (Wildman–Crippen LogP) is 5.99. The van der Waals surface area contributed by atoms with Gasteiger partial charge in [-0.15, -0.1) is 0 Å². The van der Waals surface area contributed by atoms with Crippen molar-refractivity contribution < 1.29 is 16.8 Å². The number of anilines is 6. The van der Waals surface area contributed by atoms with E-state index in [4.69, 9.17) is 19.9 Å². The summed E-state index contributed by atoms with van der Waals surface area (Å²) in [5.74, 6) is 1.08. The Morgan fingerprint density at radius 1 is 0.435 bits per heavy atom. The van der Waals surface area contributed by atoms with Gasteiger partial charge < -0.3 is 0 Å². The Balaban J connectivity index is 1.37. The second-order valence-electron chi connectivity index (χ2n) is 11.2. The Bertz CT molecular complexity index is 2340. The molecule has 0 spiro atoms. The highest BCUT2D eigenvalue weighted by atomic mass is 32.2. The van der Waals surface area contributed by atoms with E-state index in [-0.39, 0.29) is 44.3 Å². The highest BCUT2D eigenvalue weighted by Gasteiger charge is 2.43. The van der Waals surface area contributed by atoms with E-state index in [1.807, 2.05) is 60.7 Å². The monoisotopic (exact) mass is 642 g/mol. The molecule has 0 unspecified atom stereocenters. The fourth-order valence-electron chi connectivity index (χ4n) is 6.37. The van der Waals surface area contributed by atoms with Gasteiger partial charge in [-0.1, -0.05) is 72.8 Å². The van der Waals surface area contributed by atoms with Gasteiger partial charge in [0, 0.05) is 24.2 Å². The Labute approximate surface area is 264 Å². The van der Waals surface area contributed by atoms with Gasteiger partial charge in [-0.25, -0.2) is 36.8 Å². The molecule has 224 valence electrons. The number of para-hydroxylation sites is 2. The lowest BCUT2D eigenvalue weighted by atomic mass is 10.1. The van der Waals surface area contributed by atoms with Crippen molar-refractivity contribution in [2.24, 2.45) is 0 Å². The zero-order valence-corrected chi connectivity index (χ0v) is 25.6. The lowest BCUT2D eigenvalue weighted by Crippen LogP contribution is -2.32. The molecule has 6 aromatic rings. The molecule has 0 saturated carbocycles. The molecule has 4 aromatic carbocycles. The zero-order chi connectivity index (χ0) is 31.2. The fraction of sp³-hybridized carbons (Fsp3) is 0.0588. The molecule has 0 saturated heterocycles. The average Bonchev–Trinajstić information content (AvgIpc) is 3.07. The number of fused-ring (bicyclic) bond motifs is 6. The van der Waals surface area contributed by atoms with Crippen LogP contribution in [0.1, 0.15) is 22.5 Å². The summed E-state index contributed by atoms with van der Waals surface area (Å²) in [6, 6.07) is 32.3. The molecular formula is C34H22N6O4S2. The normalized spacial score (nSPS) is 16.3. The third-order valence-corrected chi connectivity index (χ3v) is 12.0. The van der Waals surface area contributed by atoms with Crippen LogP contribution in [-0.4, -0.2) is 36.8 Å². The van der Waals surface area contributed by atoms with Gasteiger partial charge in [-0.05, 0) is 47.5 Å². The molecule has 0 N–H and O–H groups in total. The van der Waals surface area contributed by atoms with Crippen LogP contribution in [0.2, 0.25) is 0 Å². The largest absolute Gasteiger partial charge is 0.273 e. The third-order valence-electron chi connectivity index (χ3n) is 8.42. The van der Waals surface area contributed by atoms with E-state index in [1.54, 1.807) is 58.3 Å². The first kappa shape index (κ1) is 26.9. The highest BCUT2D eigenvalue weighted by molar-refractivity contribution is 7.91. The second kappa shape index (κ2) is 9.52. The Morgan fingerprint density at radius 3 is 1.20 bits per heavy atom. The molecule has 2 aromatic heterocycles. The molecule has 5 heterocycles. The van der Waals surface area contributed by atoms with Gasteiger partial charge >= 0.3 is 0 Å². The van der Waals surface area contributed by atoms with E-state index in [0.29, 0.717) is 45.5 Å². The van der Waals surface area contributed by atoms with E-state index >= 15 is 0 Å². The molecule has 0 bridgehead atoms. The minimum Gasteiger partial charge on any atom is -0.273 e. The van der Waals surface area contributed by atoms with Gasteiger partial charge in [0.05, 0.1) is 21.2 Å². The van der Waals surface area contributed by atoms with E-state index in [0.717, 1.165) is 0 Å². The van der Waals surface area contributed by atoms with Gasteiger partial charge in [0.2, 0.25) is 19.7 Å². The van der Waals surface area contributed by atoms with Crippen molar-refractivity contribution in [1.29, 1.82) is 0 Å². The van der Waals surface area contributed by atoms with E-state index in [1.165, 1.54) is 0 Å². The minimum atomic E-state index is -4.02. The van der Waals surface area contributed by atoms with Crippen LogP contribution >= 0.6 is 0 Å². The van der Waals surface area contributed by atoms with E-state index < -0.39 is 19.7 Å². The summed E-state index contributed by atoms with van der Waals surface area (Å²) in [4.78, 5) is 23.5. The smallest absolute Gasteiger partial charge is 0.226 e. The number of benzene rings is 4. The Kier molecular flexibility index (Phi) is 5.57. The first-order valence-corrected chi connectivity index (χ1v) is 17.5. The summed E-state index contributed by atoms with van der Waals surface area (Å²) < 4.78 is 55.9. The van der Waals surface area contributed by atoms with Crippen molar-refractivity contribution in [2.75, 3.05) is 9.80 Å².